The molecule has 0 bridgehead atoms. The van der Waals surface area contributed by atoms with Crippen LogP contribution in [0.2, 0.25) is 0 Å². The summed E-state index contributed by atoms with van der Waals surface area (Å²) in [4.78, 5) is 0. The maximum absolute atomic E-state index is 0. The van der Waals surface area contributed by atoms with Crippen LogP contribution in [0, 0.1) is 0 Å². The molecule has 0 saturated heterocycles. The van der Waals surface area contributed by atoms with Gasteiger partial charge in [-0.25, -0.2) is 0 Å². The van der Waals surface area contributed by atoms with Crippen molar-refractivity contribution in [2.45, 2.75) is 0 Å². The van der Waals surface area contributed by atoms with Crippen LogP contribution in [-0.4, -0.2) is 41.5 Å². The van der Waals surface area contributed by atoms with Gasteiger partial charge in [0.05, 0.1) is 0 Å². The molecule has 0 fully saturated rings. The SMILES string of the molecule is [Ge].[H-].[Li+].[Sn].[Ti]. The van der Waals surface area contributed by atoms with E-state index < -0.39 is 0 Å². The molecular weight excluding hydrogens is 246 g/mol. The van der Waals surface area contributed by atoms with Gasteiger partial charge in [-0.05, 0) is 0 Å². The Labute approximate surface area is 82.3 Å². The van der Waals surface area contributed by atoms with Gasteiger partial charge in [-0.15, -0.1) is 0 Å². The van der Waals surface area contributed by atoms with E-state index in [1.54, 1.807) is 0 Å². The Morgan fingerprint density at radius 2 is 1.25 bits per heavy atom. The van der Waals surface area contributed by atoms with Gasteiger partial charge in [-0.3, -0.25) is 0 Å². The quantitative estimate of drug-likeness (QED) is 0.387. The van der Waals surface area contributed by atoms with Crippen LogP contribution in [0.3, 0.4) is 0 Å². The predicted molar refractivity (Wildman–Crippen MR) is 12.6 cm³/mol. The molecule has 0 spiro atoms. The molecule has 0 aromatic heterocycles. The Balaban J connectivity index is 0. The molecule has 0 unspecified atom stereocenters. The molecule has 4 heteroatoms. The van der Waals surface area contributed by atoms with E-state index in [4.69, 9.17) is 0 Å². The fourth-order valence-electron chi connectivity index (χ4n) is 0. The molecule has 0 nitrogen and oxygen atoms in total. The Bertz CT molecular complexity index is 11.6. The third-order valence-corrected chi connectivity index (χ3v) is 0. The van der Waals surface area contributed by atoms with Crippen molar-refractivity contribution >= 4 is 41.5 Å². The maximum Gasteiger partial charge on any atom is 1.00 e. The van der Waals surface area contributed by atoms with E-state index in [0.717, 1.165) is 0 Å². The first kappa shape index (κ1) is 30.2. The molecule has 0 N–H and O–H groups in total. The van der Waals surface area contributed by atoms with Crippen LogP contribution in [0.15, 0.2) is 0 Å². The van der Waals surface area contributed by atoms with Crippen molar-refractivity contribution in [1.29, 1.82) is 0 Å². The van der Waals surface area contributed by atoms with Gasteiger partial charge in [-0.1, -0.05) is 0 Å². The van der Waals surface area contributed by atoms with Gasteiger partial charge in [0.25, 0.3) is 0 Å². The van der Waals surface area contributed by atoms with Gasteiger partial charge in [0, 0.05) is 63.2 Å². The van der Waals surface area contributed by atoms with Crippen LogP contribution in [-0.2, 0) is 21.7 Å². The molecule has 8 radical (unpaired) electrons. The van der Waals surface area contributed by atoms with E-state index in [0.29, 0.717) is 0 Å². The normalized spacial score (nSPS) is 0. The molecule has 0 aliphatic carbocycles. The Morgan fingerprint density at radius 1 is 1.25 bits per heavy atom. The molecule has 14 valence electrons. The van der Waals surface area contributed by atoms with Crippen molar-refractivity contribution in [3.8, 4) is 0 Å². The van der Waals surface area contributed by atoms with Crippen LogP contribution in [0.5, 0.6) is 0 Å². The monoisotopic (exact) mass is 250 g/mol. The molecule has 0 aliphatic heterocycles. The second kappa shape index (κ2) is 17.4. The summed E-state index contributed by atoms with van der Waals surface area (Å²) in [5.74, 6) is 0. The molecule has 0 aromatic carbocycles. The average Bonchev–Trinajstić information content (AvgIpc) is 0. The third kappa shape index (κ3) is 8.82. The summed E-state index contributed by atoms with van der Waals surface area (Å²) in [6.07, 6.45) is 0. The number of hydrogen-bond acceptors (Lipinski definition) is 0. The number of rotatable bonds is 0. The zero-order valence-electron chi connectivity index (χ0n) is 3.50. The first-order valence-corrected chi connectivity index (χ1v) is 0. The van der Waals surface area contributed by atoms with Gasteiger partial charge in [0.2, 0.25) is 0 Å². The zero-order chi connectivity index (χ0) is 0. The van der Waals surface area contributed by atoms with Crippen molar-refractivity contribution in [1.82, 2.24) is 0 Å². The van der Waals surface area contributed by atoms with Crippen LogP contribution < -0.4 is 18.9 Å². The summed E-state index contributed by atoms with van der Waals surface area (Å²) >= 11 is 0. The fraction of sp³-hybridized carbons (Fsp3) is 0. The van der Waals surface area contributed by atoms with E-state index in [2.05, 4.69) is 0 Å². The molecule has 0 saturated carbocycles. The van der Waals surface area contributed by atoms with Crippen molar-refractivity contribution in [3.63, 3.8) is 0 Å². The topological polar surface area (TPSA) is 0 Å². The predicted octanol–water partition coefficient (Wildman–Crippen LogP) is -3.65. The van der Waals surface area contributed by atoms with Crippen LogP contribution in [0.1, 0.15) is 1.43 Å². The summed E-state index contributed by atoms with van der Waals surface area (Å²) in [5, 5.41) is 0. The molecule has 4 heavy (non-hydrogen) atoms. The summed E-state index contributed by atoms with van der Waals surface area (Å²) < 4.78 is 0. The summed E-state index contributed by atoms with van der Waals surface area (Å²) in [6.45, 7) is 0. The molecule has 0 rings (SSSR count). The fourth-order valence-corrected chi connectivity index (χ4v) is 0. The first-order valence-electron chi connectivity index (χ1n) is 0. The summed E-state index contributed by atoms with van der Waals surface area (Å²) in [5.41, 5.74) is 0. The minimum absolute atomic E-state index is 0. The Hall–Kier alpha value is 2.65. The van der Waals surface area contributed by atoms with Crippen molar-refractivity contribution in [3.05, 3.63) is 0 Å². The van der Waals surface area contributed by atoms with Gasteiger partial charge in [-0.2, -0.15) is 0 Å². The summed E-state index contributed by atoms with van der Waals surface area (Å²) in [6, 6.07) is 0. The van der Waals surface area contributed by atoms with Crippen LogP contribution in [0.25, 0.3) is 0 Å². The molecule has 0 aromatic rings. The number of hydrogen-bond donors (Lipinski definition) is 0. The van der Waals surface area contributed by atoms with Crippen molar-refractivity contribution in [2.24, 2.45) is 0 Å². The average molecular weight is 247 g/mol. The smallest absolute Gasteiger partial charge is 1.00 e. The zero-order valence-corrected chi connectivity index (χ0v) is 9.01. The van der Waals surface area contributed by atoms with E-state index in [1.807, 2.05) is 0 Å². The van der Waals surface area contributed by atoms with Gasteiger partial charge >= 0.3 is 18.9 Å². The maximum atomic E-state index is 0. The molecule has 0 atom stereocenters. The second-order valence-corrected chi connectivity index (χ2v) is 0. The van der Waals surface area contributed by atoms with E-state index >= 15 is 0 Å². The first-order chi connectivity index (χ1) is 0. The van der Waals surface area contributed by atoms with Crippen molar-refractivity contribution < 1.29 is 42.0 Å². The Kier molecular flexibility index (Phi) is 131. The standard InChI is InChI=1S/Ge.Li.Sn.Ti.H/q;+1;;;-1. The molecule has 0 aliphatic rings. The minimum atomic E-state index is 0. The van der Waals surface area contributed by atoms with Gasteiger partial charge < -0.3 is 1.43 Å². The largest absolute Gasteiger partial charge is 1.00 e. The molecular formula is HGeLiSnTi. The van der Waals surface area contributed by atoms with Crippen molar-refractivity contribution in [2.75, 3.05) is 0 Å². The van der Waals surface area contributed by atoms with Crippen LogP contribution >= 0.6 is 0 Å². The van der Waals surface area contributed by atoms with Gasteiger partial charge in [0.1, 0.15) is 0 Å². The van der Waals surface area contributed by atoms with Crippen LogP contribution in [0.4, 0.5) is 0 Å². The molecule has 0 heterocycles. The summed E-state index contributed by atoms with van der Waals surface area (Å²) in [7, 11) is 0. The van der Waals surface area contributed by atoms with Gasteiger partial charge in [0.15, 0.2) is 0 Å². The van der Waals surface area contributed by atoms with E-state index in [9.17, 15) is 0 Å². The molecule has 0 amide bonds. The second-order valence-electron chi connectivity index (χ2n) is 0. The Morgan fingerprint density at radius 3 is 1.25 bits per heavy atom. The van der Waals surface area contributed by atoms with E-state index in [-0.39, 0.29) is 83.5 Å². The third-order valence-electron chi connectivity index (χ3n) is 0. The van der Waals surface area contributed by atoms with E-state index in [1.165, 1.54) is 0 Å². The minimum Gasteiger partial charge on any atom is -1.00 e.